The van der Waals surface area contributed by atoms with E-state index < -0.39 is 10.0 Å². The highest BCUT2D eigenvalue weighted by atomic mass is 32.2. The number of nitrogens with one attached hydrogen (secondary N) is 1. The summed E-state index contributed by atoms with van der Waals surface area (Å²) >= 11 is 0. The van der Waals surface area contributed by atoms with E-state index in [4.69, 9.17) is 10.5 Å². The van der Waals surface area contributed by atoms with Crippen LogP contribution in [-0.2, 0) is 23.6 Å². The van der Waals surface area contributed by atoms with E-state index in [1.807, 2.05) is 0 Å². The average molecular weight is 296 g/mol. The van der Waals surface area contributed by atoms with Gasteiger partial charge in [-0.15, -0.1) is 0 Å². The molecule has 8 heteroatoms. The van der Waals surface area contributed by atoms with E-state index >= 15 is 0 Å². The zero-order chi connectivity index (χ0) is 14.8. The number of benzene rings is 1. The van der Waals surface area contributed by atoms with Crippen LogP contribution < -0.4 is 15.2 Å². The topological polar surface area (TPSA) is 99.2 Å². The molecule has 20 heavy (non-hydrogen) atoms. The molecule has 0 spiro atoms. The molecule has 0 saturated heterocycles. The summed E-state index contributed by atoms with van der Waals surface area (Å²) in [6, 6.07) is 6.11. The van der Waals surface area contributed by atoms with Gasteiger partial charge < -0.3 is 10.5 Å². The smallest absolute Gasteiger partial charge is 0.263 e. The lowest BCUT2D eigenvalue weighted by molar-refractivity contribution is 0.414. The lowest BCUT2D eigenvalue weighted by Gasteiger charge is -2.10. The molecule has 0 aliphatic carbocycles. The second-order valence-electron chi connectivity index (χ2n) is 4.13. The Hall–Kier alpha value is -2.06. The molecule has 0 aliphatic rings. The molecule has 0 radical (unpaired) electrons. The molecule has 0 amide bonds. The Labute approximate surface area is 117 Å². The molecule has 1 aromatic carbocycles. The quantitative estimate of drug-likeness (QED) is 0.845. The van der Waals surface area contributed by atoms with Crippen LogP contribution in [0.1, 0.15) is 5.56 Å². The molecule has 7 nitrogen and oxygen atoms in total. The molecule has 0 aliphatic heterocycles. The fourth-order valence-corrected chi connectivity index (χ4v) is 2.84. The first-order chi connectivity index (χ1) is 9.47. The summed E-state index contributed by atoms with van der Waals surface area (Å²) in [6.45, 7) is 0.203. The summed E-state index contributed by atoms with van der Waals surface area (Å²) in [4.78, 5) is 0.141. The lowest BCUT2D eigenvalue weighted by Crippen LogP contribution is -2.17. The molecule has 2 rings (SSSR count). The minimum atomic E-state index is -3.69. The molecule has 0 bridgehead atoms. The van der Waals surface area contributed by atoms with E-state index in [-0.39, 0.29) is 11.4 Å². The highest BCUT2D eigenvalue weighted by molar-refractivity contribution is 7.92. The van der Waals surface area contributed by atoms with Gasteiger partial charge in [0.2, 0.25) is 0 Å². The van der Waals surface area contributed by atoms with Crippen molar-refractivity contribution in [2.45, 2.75) is 11.4 Å². The molecular formula is C12H16N4O3S. The fourth-order valence-electron chi connectivity index (χ4n) is 1.71. The molecule has 0 saturated carbocycles. The number of ether oxygens (including phenoxy) is 1. The van der Waals surface area contributed by atoms with Gasteiger partial charge in [-0.2, -0.15) is 5.10 Å². The third kappa shape index (κ3) is 2.75. The second-order valence-corrected chi connectivity index (χ2v) is 5.81. The van der Waals surface area contributed by atoms with Gasteiger partial charge in [-0.25, -0.2) is 8.42 Å². The summed E-state index contributed by atoms with van der Waals surface area (Å²) in [5, 5.41) is 3.98. The van der Waals surface area contributed by atoms with E-state index in [2.05, 4.69) is 9.82 Å². The second kappa shape index (κ2) is 5.51. The van der Waals surface area contributed by atoms with Crippen LogP contribution in [0.5, 0.6) is 5.75 Å². The van der Waals surface area contributed by atoms with E-state index in [0.717, 1.165) is 0 Å². The highest BCUT2D eigenvalue weighted by Gasteiger charge is 2.18. The van der Waals surface area contributed by atoms with Crippen molar-refractivity contribution in [1.29, 1.82) is 0 Å². The van der Waals surface area contributed by atoms with Gasteiger partial charge in [-0.1, -0.05) is 0 Å². The SMILES string of the molecule is COc1ccc(S(=O)(=O)Nc2c(CN)cnn2C)cc1. The predicted molar refractivity (Wildman–Crippen MR) is 74.9 cm³/mol. The number of hydrogen-bond donors (Lipinski definition) is 2. The molecular weight excluding hydrogens is 280 g/mol. The van der Waals surface area contributed by atoms with Gasteiger partial charge in [0.1, 0.15) is 11.6 Å². The Balaban J connectivity index is 2.32. The van der Waals surface area contributed by atoms with Gasteiger partial charge in [0.15, 0.2) is 0 Å². The van der Waals surface area contributed by atoms with E-state index in [1.54, 1.807) is 19.2 Å². The highest BCUT2D eigenvalue weighted by Crippen LogP contribution is 2.21. The van der Waals surface area contributed by atoms with Crippen LogP contribution in [-0.4, -0.2) is 25.3 Å². The fraction of sp³-hybridized carbons (Fsp3) is 0.250. The Kier molecular flexibility index (Phi) is 3.96. The van der Waals surface area contributed by atoms with Crippen molar-refractivity contribution >= 4 is 15.8 Å². The minimum Gasteiger partial charge on any atom is -0.497 e. The third-order valence-electron chi connectivity index (χ3n) is 2.84. The largest absolute Gasteiger partial charge is 0.497 e. The van der Waals surface area contributed by atoms with Crippen molar-refractivity contribution in [2.24, 2.45) is 12.8 Å². The van der Waals surface area contributed by atoms with Crippen molar-refractivity contribution in [3.63, 3.8) is 0 Å². The number of aryl methyl sites for hydroxylation is 1. The van der Waals surface area contributed by atoms with Crippen LogP contribution in [0.15, 0.2) is 35.4 Å². The Bertz CT molecular complexity index is 692. The van der Waals surface area contributed by atoms with Gasteiger partial charge >= 0.3 is 0 Å². The van der Waals surface area contributed by atoms with E-state index in [9.17, 15) is 8.42 Å². The number of nitrogens with two attached hydrogens (primary N) is 1. The maximum absolute atomic E-state index is 12.3. The molecule has 0 unspecified atom stereocenters. The van der Waals surface area contributed by atoms with E-state index in [0.29, 0.717) is 17.1 Å². The molecule has 1 heterocycles. The maximum atomic E-state index is 12.3. The summed E-state index contributed by atoms with van der Waals surface area (Å²) in [5.41, 5.74) is 6.18. The Morgan fingerprint density at radius 2 is 2.00 bits per heavy atom. The summed E-state index contributed by atoms with van der Waals surface area (Å²) in [7, 11) is -0.523. The number of nitrogens with zero attached hydrogens (tertiary/aromatic N) is 2. The van der Waals surface area contributed by atoms with Crippen LogP contribution in [0.25, 0.3) is 0 Å². The molecule has 1 aromatic heterocycles. The van der Waals surface area contributed by atoms with Crippen molar-refractivity contribution in [3.05, 3.63) is 36.0 Å². The number of hydrogen-bond acceptors (Lipinski definition) is 5. The standard InChI is InChI=1S/C12H16N4O3S/c1-16-12(9(7-13)8-14-16)15-20(17,18)11-5-3-10(19-2)4-6-11/h3-6,8,15H,7,13H2,1-2H3. The van der Waals surface area contributed by atoms with Crippen molar-refractivity contribution in [2.75, 3.05) is 11.8 Å². The van der Waals surface area contributed by atoms with Crippen LogP contribution in [0.2, 0.25) is 0 Å². The van der Waals surface area contributed by atoms with Gasteiger partial charge in [0, 0.05) is 19.2 Å². The van der Waals surface area contributed by atoms with Crippen LogP contribution in [0.4, 0.5) is 5.82 Å². The molecule has 108 valence electrons. The number of rotatable bonds is 5. The number of aromatic nitrogens is 2. The van der Waals surface area contributed by atoms with Gasteiger partial charge in [-0.05, 0) is 24.3 Å². The molecule has 2 aromatic rings. The molecule has 0 fully saturated rings. The first kappa shape index (κ1) is 14.4. The Morgan fingerprint density at radius 3 is 2.55 bits per heavy atom. The van der Waals surface area contributed by atoms with Crippen molar-refractivity contribution < 1.29 is 13.2 Å². The van der Waals surface area contributed by atoms with Gasteiger partial charge in [-0.3, -0.25) is 9.40 Å². The average Bonchev–Trinajstić information content (AvgIpc) is 2.79. The Morgan fingerprint density at radius 1 is 1.35 bits per heavy atom. The number of anilines is 1. The molecule has 0 atom stereocenters. The van der Waals surface area contributed by atoms with Crippen molar-refractivity contribution in [3.8, 4) is 5.75 Å². The first-order valence-corrected chi connectivity index (χ1v) is 7.34. The predicted octanol–water partition coefficient (Wildman–Crippen LogP) is 0.688. The van der Waals surface area contributed by atoms with Gasteiger partial charge in [0.25, 0.3) is 10.0 Å². The monoisotopic (exact) mass is 296 g/mol. The summed E-state index contributed by atoms with van der Waals surface area (Å²) in [5.74, 6) is 0.954. The lowest BCUT2D eigenvalue weighted by atomic mass is 10.3. The number of methoxy groups -OCH3 is 1. The molecule has 3 N–H and O–H groups in total. The van der Waals surface area contributed by atoms with Crippen LogP contribution in [0, 0.1) is 0 Å². The minimum absolute atomic E-state index is 0.141. The van der Waals surface area contributed by atoms with E-state index in [1.165, 1.54) is 30.1 Å². The maximum Gasteiger partial charge on any atom is 0.263 e. The van der Waals surface area contributed by atoms with Crippen molar-refractivity contribution in [1.82, 2.24) is 9.78 Å². The number of sulfonamides is 1. The summed E-state index contributed by atoms with van der Waals surface area (Å²) in [6.07, 6.45) is 1.53. The zero-order valence-corrected chi connectivity index (χ0v) is 12.0. The van der Waals surface area contributed by atoms with Crippen LogP contribution >= 0.6 is 0 Å². The summed E-state index contributed by atoms with van der Waals surface area (Å²) < 4.78 is 33.5. The normalized spacial score (nSPS) is 11.3. The van der Waals surface area contributed by atoms with Gasteiger partial charge in [0.05, 0.1) is 18.2 Å². The zero-order valence-electron chi connectivity index (χ0n) is 11.2. The third-order valence-corrected chi connectivity index (χ3v) is 4.19. The first-order valence-electron chi connectivity index (χ1n) is 5.85. The van der Waals surface area contributed by atoms with Crippen LogP contribution in [0.3, 0.4) is 0 Å².